The second-order valence-corrected chi connectivity index (χ2v) is 3.75. The van der Waals surface area contributed by atoms with Gasteiger partial charge in [0.1, 0.15) is 5.75 Å². The molecule has 1 rings (SSSR count). The van der Waals surface area contributed by atoms with Gasteiger partial charge in [-0.05, 0) is 51.2 Å². The summed E-state index contributed by atoms with van der Waals surface area (Å²) < 4.78 is 5.10. The van der Waals surface area contributed by atoms with E-state index < -0.39 is 0 Å². The molecule has 2 nitrogen and oxygen atoms in total. The molecule has 0 aliphatic rings. The molecule has 2 heteroatoms. The molecule has 1 aromatic carbocycles. The third-order valence-electron chi connectivity index (χ3n) is 2.23. The molecule has 0 saturated heterocycles. The smallest absolute Gasteiger partial charge is 0.118 e. The lowest BCUT2D eigenvalue weighted by Gasteiger charge is -2.09. The monoisotopic (exact) mass is 193 g/mol. The maximum absolute atomic E-state index is 5.10. The van der Waals surface area contributed by atoms with E-state index in [2.05, 4.69) is 31.1 Å². The van der Waals surface area contributed by atoms with Gasteiger partial charge in [0.2, 0.25) is 0 Å². The van der Waals surface area contributed by atoms with Crippen LogP contribution < -0.4 is 4.74 Å². The van der Waals surface area contributed by atoms with Crippen LogP contribution in [0.1, 0.15) is 12.0 Å². The van der Waals surface area contributed by atoms with Gasteiger partial charge in [-0.15, -0.1) is 0 Å². The quantitative estimate of drug-likeness (QED) is 0.710. The van der Waals surface area contributed by atoms with Crippen LogP contribution in [0.25, 0.3) is 0 Å². The number of hydrogen-bond acceptors (Lipinski definition) is 2. The molecule has 78 valence electrons. The van der Waals surface area contributed by atoms with E-state index in [1.54, 1.807) is 7.11 Å². The van der Waals surface area contributed by atoms with Gasteiger partial charge in [0.25, 0.3) is 0 Å². The van der Waals surface area contributed by atoms with Crippen molar-refractivity contribution in [3.63, 3.8) is 0 Å². The molecule has 14 heavy (non-hydrogen) atoms. The first-order chi connectivity index (χ1) is 6.72. The lowest BCUT2D eigenvalue weighted by atomic mass is 10.1. The van der Waals surface area contributed by atoms with Crippen LogP contribution >= 0.6 is 0 Å². The Labute approximate surface area is 86.5 Å². The lowest BCUT2D eigenvalue weighted by Crippen LogP contribution is -2.13. The number of nitrogens with zero attached hydrogens (tertiary/aromatic N) is 1. The van der Waals surface area contributed by atoms with E-state index in [0.29, 0.717) is 0 Å². The summed E-state index contributed by atoms with van der Waals surface area (Å²) in [4.78, 5) is 2.21. The molecule has 0 heterocycles. The van der Waals surface area contributed by atoms with Crippen molar-refractivity contribution in [3.8, 4) is 5.75 Å². The Morgan fingerprint density at radius 1 is 1.14 bits per heavy atom. The summed E-state index contributed by atoms with van der Waals surface area (Å²) in [5.74, 6) is 0.932. The van der Waals surface area contributed by atoms with Crippen LogP contribution in [0.5, 0.6) is 5.75 Å². The van der Waals surface area contributed by atoms with Crippen molar-refractivity contribution in [3.05, 3.63) is 29.8 Å². The molecule has 0 unspecified atom stereocenters. The highest BCUT2D eigenvalue weighted by Crippen LogP contribution is 2.12. The van der Waals surface area contributed by atoms with Crippen LogP contribution in [0, 0.1) is 0 Å². The molecule has 0 aliphatic heterocycles. The van der Waals surface area contributed by atoms with Crippen LogP contribution in [0.3, 0.4) is 0 Å². The Morgan fingerprint density at radius 3 is 2.29 bits per heavy atom. The zero-order valence-electron chi connectivity index (χ0n) is 9.29. The normalized spacial score (nSPS) is 10.6. The van der Waals surface area contributed by atoms with E-state index in [4.69, 9.17) is 4.74 Å². The Bertz CT molecular complexity index is 254. The lowest BCUT2D eigenvalue weighted by molar-refractivity contribution is 0.400. The zero-order valence-corrected chi connectivity index (χ0v) is 9.29. The molecule has 0 aliphatic carbocycles. The second kappa shape index (κ2) is 5.66. The van der Waals surface area contributed by atoms with Crippen molar-refractivity contribution in [2.45, 2.75) is 12.8 Å². The first-order valence-corrected chi connectivity index (χ1v) is 5.00. The van der Waals surface area contributed by atoms with Crippen LogP contribution in [-0.4, -0.2) is 32.6 Å². The fourth-order valence-electron chi connectivity index (χ4n) is 1.39. The summed E-state index contributed by atoms with van der Waals surface area (Å²) in [5.41, 5.74) is 1.38. The van der Waals surface area contributed by atoms with Gasteiger partial charge >= 0.3 is 0 Å². The van der Waals surface area contributed by atoms with Gasteiger partial charge in [-0.25, -0.2) is 0 Å². The predicted molar refractivity (Wildman–Crippen MR) is 59.9 cm³/mol. The highest BCUT2D eigenvalue weighted by Gasteiger charge is 1.95. The number of benzene rings is 1. The minimum absolute atomic E-state index is 0.932. The van der Waals surface area contributed by atoms with E-state index in [9.17, 15) is 0 Å². The van der Waals surface area contributed by atoms with Gasteiger partial charge < -0.3 is 9.64 Å². The van der Waals surface area contributed by atoms with Gasteiger partial charge in [-0.2, -0.15) is 0 Å². The first kappa shape index (κ1) is 11.1. The van der Waals surface area contributed by atoms with Crippen LogP contribution in [0.15, 0.2) is 24.3 Å². The molecule has 0 atom stereocenters. The van der Waals surface area contributed by atoms with Crippen molar-refractivity contribution < 1.29 is 4.74 Å². The number of hydrogen-bond donors (Lipinski definition) is 0. The molecule has 0 aromatic heterocycles. The second-order valence-electron chi connectivity index (χ2n) is 3.75. The summed E-state index contributed by atoms with van der Waals surface area (Å²) in [6, 6.07) is 8.30. The Hall–Kier alpha value is -1.02. The minimum Gasteiger partial charge on any atom is -0.497 e. The molecule has 0 amide bonds. The summed E-state index contributed by atoms with van der Waals surface area (Å²) in [6.45, 7) is 1.14. The maximum atomic E-state index is 5.10. The zero-order chi connectivity index (χ0) is 10.4. The highest BCUT2D eigenvalue weighted by atomic mass is 16.5. The molecule has 0 N–H and O–H groups in total. The SMILES string of the molecule is COc1ccc(CCCN(C)C)cc1. The Balaban J connectivity index is 2.36. The third kappa shape index (κ3) is 3.79. The molecule has 0 fully saturated rings. The van der Waals surface area contributed by atoms with Crippen molar-refractivity contribution >= 4 is 0 Å². The van der Waals surface area contributed by atoms with Crippen LogP contribution in [0.2, 0.25) is 0 Å². The molecule has 0 radical (unpaired) electrons. The van der Waals surface area contributed by atoms with Crippen molar-refractivity contribution in [1.29, 1.82) is 0 Å². The van der Waals surface area contributed by atoms with Gasteiger partial charge in [-0.3, -0.25) is 0 Å². The van der Waals surface area contributed by atoms with E-state index in [-0.39, 0.29) is 0 Å². The summed E-state index contributed by atoms with van der Waals surface area (Å²) in [7, 11) is 5.91. The molecule has 0 bridgehead atoms. The van der Waals surface area contributed by atoms with Crippen molar-refractivity contribution in [1.82, 2.24) is 4.90 Å². The minimum atomic E-state index is 0.932. The Kier molecular flexibility index (Phi) is 4.47. The highest BCUT2D eigenvalue weighted by molar-refractivity contribution is 5.27. The van der Waals surface area contributed by atoms with Gasteiger partial charge in [0, 0.05) is 0 Å². The van der Waals surface area contributed by atoms with E-state index in [1.807, 2.05) is 12.1 Å². The number of rotatable bonds is 5. The fraction of sp³-hybridized carbons (Fsp3) is 0.500. The number of aryl methyl sites for hydroxylation is 1. The van der Waals surface area contributed by atoms with Crippen LogP contribution in [-0.2, 0) is 6.42 Å². The Morgan fingerprint density at radius 2 is 1.79 bits per heavy atom. The topological polar surface area (TPSA) is 12.5 Å². The predicted octanol–water partition coefficient (Wildman–Crippen LogP) is 2.19. The summed E-state index contributed by atoms with van der Waals surface area (Å²) >= 11 is 0. The van der Waals surface area contributed by atoms with E-state index >= 15 is 0 Å². The van der Waals surface area contributed by atoms with Crippen LogP contribution in [0.4, 0.5) is 0 Å². The number of ether oxygens (including phenoxy) is 1. The molecule has 1 aromatic rings. The third-order valence-corrected chi connectivity index (χ3v) is 2.23. The molecule has 0 spiro atoms. The summed E-state index contributed by atoms with van der Waals surface area (Å²) in [5, 5.41) is 0. The number of methoxy groups -OCH3 is 1. The summed E-state index contributed by atoms with van der Waals surface area (Å²) in [6.07, 6.45) is 2.35. The average Bonchev–Trinajstić information content (AvgIpc) is 2.18. The van der Waals surface area contributed by atoms with Crippen molar-refractivity contribution in [2.24, 2.45) is 0 Å². The van der Waals surface area contributed by atoms with Crippen molar-refractivity contribution in [2.75, 3.05) is 27.7 Å². The van der Waals surface area contributed by atoms with E-state index in [0.717, 1.165) is 18.7 Å². The van der Waals surface area contributed by atoms with Gasteiger partial charge in [0.05, 0.1) is 7.11 Å². The average molecular weight is 193 g/mol. The molecular formula is C12H19NO. The fourth-order valence-corrected chi connectivity index (χ4v) is 1.39. The van der Waals surface area contributed by atoms with Gasteiger partial charge in [-0.1, -0.05) is 12.1 Å². The molecular weight excluding hydrogens is 174 g/mol. The first-order valence-electron chi connectivity index (χ1n) is 5.00. The maximum Gasteiger partial charge on any atom is 0.118 e. The standard InChI is InChI=1S/C12H19NO/c1-13(2)10-4-5-11-6-8-12(14-3)9-7-11/h6-9H,4-5,10H2,1-3H3. The largest absolute Gasteiger partial charge is 0.497 e. The van der Waals surface area contributed by atoms with Gasteiger partial charge in [0.15, 0.2) is 0 Å². The molecule has 0 saturated carbocycles. The van der Waals surface area contributed by atoms with E-state index in [1.165, 1.54) is 12.0 Å².